The van der Waals surface area contributed by atoms with E-state index in [1.807, 2.05) is 55.5 Å². The lowest BCUT2D eigenvalue weighted by Crippen LogP contribution is -2.19. The number of hydrogen-bond donors (Lipinski definition) is 0. The van der Waals surface area contributed by atoms with Crippen molar-refractivity contribution >= 4 is 11.5 Å². The normalized spacial score (nSPS) is 11.3. The van der Waals surface area contributed by atoms with Gasteiger partial charge in [0.25, 0.3) is 0 Å². The number of aromatic nitrogens is 2. The number of nitrogens with zero attached hydrogens (tertiary/aromatic N) is 3. The van der Waals surface area contributed by atoms with Crippen LogP contribution in [0, 0.1) is 0 Å². The minimum absolute atomic E-state index is 0.106. The monoisotopic (exact) mass is 387 g/mol. The molecule has 0 fully saturated rings. The first-order valence-electron chi connectivity index (χ1n) is 8.82. The molecule has 146 valence electrons. The molecule has 0 aliphatic rings. The molecule has 0 N–H and O–H groups in total. The molecular formula is C21H20F3N3O. The van der Waals surface area contributed by atoms with E-state index >= 15 is 0 Å². The molecule has 0 bridgehead atoms. The summed E-state index contributed by atoms with van der Waals surface area (Å²) in [5.41, 5.74) is 1.59. The highest BCUT2D eigenvalue weighted by Gasteiger charge is 2.36. The number of rotatable bonds is 6. The maximum Gasteiger partial charge on any atom is 0.421 e. The molecule has 3 aromatic rings. The Hall–Kier alpha value is -3.09. The summed E-state index contributed by atoms with van der Waals surface area (Å²) in [7, 11) is 1.55. The second-order valence-electron chi connectivity index (χ2n) is 6.24. The van der Waals surface area contributed by atoms with Crippen LogP contribution in [0.3, 0.4) is 0 Å². The Kier molecular flexibility index (Phi) is 5.82. The van der Waals surface area contributed by atoms with Gasteiger partial charge in [-0.1, -0.05) is 49.4 Å². The van der Waals surface area contributed by atoms with Crippen molar-refractivity contribution in [1.82, 2.24) is 9.97 Å². The average molecular weight is 387 g/mol. The molecule has 0 saturated heterocycles. The average Bonchev–Trinajstić information content (AvgIpc) is 2.71. The van der Waals surface area contributed by atoms with Crippen LogP contribution in [-0.4, -0.2) is 17.0 Å². The zero-order chi connectivity index (χ0) is 20.1. The molecule has 0 unspecified atom stereocenters. The number of benzene rings is 2. The lowest BCUT2D eigenvalue weighted by molar-refractivity contribution is -0.137. The number of halogens is 3. The zero-order valence-corrected chi connectivity index (χ0v) is 15.6. The number of hydrogen-bond acceptors (Lipinski definition) is 4. The maximum absolute atomic E-state index is 13.5. The Morgan fingerprint density at radius 3 is 2.39 bits per heavy atom. The zero-order valence-electron chi connectivity index (χ0n) is 15.6. The van der Waals surface area contributed by atoms with E-state index < -0.39 is 11.7 Å². The highest BCUT2D eigenvalue weighted by molar-refractivity contribution is 5.63. The highest BCUT2D eigenvalue weighted by Crippen LogP contribution is 2.37. The first-order chi connectivity index (χ1) is 13.4. The quantitative estimate of drug-likeness (QED) is 0.567. The summed E-state index contributed by atoms with van der Waals surface area (Å²) in [4.78, 5) is 9.21. The first-order valence-corrected chi connectivity index (χ1v) is 8.82. The van der Waals surface area contributed by atoms with E-state index in [4.69, 9.17) is 4.74 Å². The van der Waals surface area contributed by atoms with Crippen LogP contribution >= 0.6 is 0 Å². The summed E-state index contributed by atoms with van der Waals surface area (Å²) in [5.74, 6) is -0.251. The van der Waals surface area contributed by atoms with Crippen molar-refractivity contribution < 1.29 is 17.9 Å². The van der Waals surface area contributed by atoms with E-state index in [1.165, 1.54) is 4.90 Å². The summed E-state index contributed by atoms with van der Waals surface area (Å²) < 4.78 is 46.0. The number of ether oxygens (including phenoxy) is 1. The molecule has 0 radical (unpaired) electrons. The van der Waals surface area contributed by atoms with E-state index in [0.717, 1.165) is 23.7 Å². The Morgan fingerprint density at radius 1 is 1.00 bits per heavy atom. The van der Waals surface area contributed by atoms with Crippen LogP contribution in [0.2, 0.25) is 0 Å². The molecule has 1 heterocycles. The number of aryl methyl sites for hydroxylation is 1. The molecule has 0 amide bonds. The molecule has 3 rings (SSSR count). The Labute approximate surface area is 161 Å². The molecule has 0 atom stereocenters. The molecule has 0 aliphatic heterocycles. The molecular weight excluding hydrogens is 367 g/mol. The van der Waals surface area contributed by atoms with Crippen molar-refractivity contribution in [3.05, 3.63) is 77.5 Å². The molecule has 4 nitrogen and oxygen atoms in total. The van der Waals surface area contributed by atoms with Gasteiger partial charge < -0.3 is 9.64 Å². The van der Waals surface area contributed by atoms with Crippen molar-refractivity contribution in [2.75, 3.05) is 11.9 Å². The summed E-state index contributed by atoms with van der Waals surface area (Å²) in [6.07, 6.45) is -3.03. The second-order valence-corrected chi connectivity index (χ2v) is 6.24. The van der Waals surface area contributed by atoms with Gasteiger partial charge in [-0.15, -0.1) is 0 Å². The minimum Gasteiger partial charge on any atom is -0.459 e. The molecule has 0 spiro atoms. The molecule has 1 aromatic heterocycles. The first kappa shape index (κ1) is 19.7. The van der Waals surface area contributed by atoms with E-state index in [9.17, 15) is 13.2 Å². The lowest BCUT2D eigenvalue weighted by atomic mass is 10.1. The predicted octanol–water partition coefficient (Wildman–Crippen LogP) is 5.40. The fourth-order valence-corrected chi connectivity index (χ4v) is 2.71. The topological polar surface area (TPSA) is 38.2 Å². The fraction of sp³-hybridized carbons (Fsp3) is 0.238. The molecule has 0 saturated carbocycles. The number of alkyl halides is 3. The number of anilines is 2. The van der Waals surface area contributed by atoms with Gasteiger partial charge in [0.2, 0.25) is 0 Å². The van der Waals surface area contributed by atoms with E-state index in [-0.39, 0.29) is 18.4 Å². The molecule has 28 heavy (non-hydrogen) atoms. The van der Waals surface area contributed by atoms with Crippen LogP contribution in [0.1, 0.15) is 23.6 Å². The minimum atomic E-state index is -4.58. The van der Waals surface area contributed by atoms with Gasteiger partial charge in [0.05, 0.1) is 0 Å². The van der Waals surface area contributed by atoms with Crippen LogP contribution in [0.15, 0.2) is 60.8 Å². The summed E-state index contributed by atoms with van der Waals surface area (Å²) in [6, 6.07) is 16.5. The van der Waals surface area contributed by atoms with Crippen LogP contribution in [0.25, 0.3) is 0 Å². The van der Waals surface area contributed by atoms with Gasteiger partial charge in [0, 0.05) is 18.9 Å². The SMILES string of the molecule is CCc1cccc(N(C)c2nc(OCc3ccccc3)ncc2C(F)(F)F)c1. The van der Waals surface area contributed by atoms with Crippen LogP contribution < -0.4 is 9.64 Å². The van der Waals surface area contributed by atoms with Crippen molar-refractivity contribution in [2.45, 2.75) is 26.1 Å². The standard InChI is InChI=1S/C21H20F3N3O/c1-3-15-10-7-11-17(12-15)27(2)19-18(21(22,23)24)13-25-20(26-19)28-14-16-8-5-4-6-9-16/h4-13H,3,14H2,1-2H3. The predicted molar refractivity (Wildman–Crippen MR) is 102 cm³/mol. The van der Waals surface area contributed by atoms with Gasteiger partial charge in [0.15, 0.2) is 5.82 Å². The van der Waals surface area contributed by atoms with E-state index in [1.54, 1.807) is 13.1 Å². The third-order valence-corrected chi connectivity index (χ3v) is 4.29. The smallest absolute Gasteiger partial charge is 0.421 e. The van der Waals surface area contributed by atoms with Gasteiger partial charge in [-0.25, -0.2) is 4.98 Å². The van der Waals surface area contributed by atoms with Crippen LogP contribution in [0.5, 0.6) is 6.01 Å². The Morgan fingerprint density at radius 2 is 1.71 bits per heavy atom. The van der Waals surface area contributed by atoms with Crippen LogP contribution in [-0.2, 0) is 19.2 Å². The molecule has 2 aromatic carbocycles. The Balaban J connectivity index is 1.94. The summed E-state index contributed by atoms with van der Waals surface area (Å²) in [5, 5.41) is 0. The maximum atomic E-state index is 13.5. The molecule has 0 aliphatic carbocycles. The summed E-state index contributed by atoms with van der Waals surface area (Å²) >= 11 is 0. The van der Waals surface area contributed by atoms with Crippen molar-refractivity contribution in [3.8, 4) is 6.01 Å². The second kappa shape index (κ2) is 8.29. The van der Waals surface area contributed by atoms with E-state index in [2.05, 4.69) is 9.97 Å². The Bertz CT molecular complexity index is 930. The van der Waals surface area contributed by atoms with Crippen molar-refractivity contribution in [3.63, 3.8) is 0 Å². The molecule has 7 heteroatoms. The summed E-state index contributed by atoms with van der Waals surface area (Å²) in [6.45, 7) is 2.15. The van der Waals surface area contributed by atoms with Gasteiger partial charge in [-0.3, -0.25) is 0 Å². The van der Waals surface area contributed by atoms with Crippen molar-refractivity contribution in [2.24, 2.45) is 0 Å². The van der Waals surface area contributed by atoms with Gasteiger partial charge in [0.1, 0.15) is 12.2 Å². The highest BCUT2D eigenvalue weighted by atomic mass is 19.4. The van der Waals surface area contributed by atoms with Gasteiger partial charge in [-0.05, 0) is 29.7 Å². The third-order valence-electron chi connectivity index (χ3n) is 4.29. The van der Waals surface area contributed by atoms with Gasteiger partial charge in [-0.2, -0.15) is 18.2 Å². The largest absolute Gasteiger partial charge is 0.459 e. The third kappa shape index (κ3) is 4.60. The van der Waals surface area contributed by atoms with Crippen LogP contribution in [0.4, 0.5) is 24.7 Å². The van der Waals surface area contributed by atoms with Crippen molar-refractivity contribution in [1.29, 1.82) is 0 Å². The fourth-order valence-electron chi connectivity index (χ4n) is 2.71. The van der Waals surface area contributed by atoms with E-state index in [0.29, 0.717) is 5.69 Å². The lowest BCUT2D eigenvalue weighted by Gasteiger charge is -2.23. The van der Waals surface area contributed by atoms with Gasteiger partial charge >= 0.3 is 12.2 Å².